The van der Waals surface area contributed by atoms with Crippen molar-refractivity contribution < 1.29 is 13.9 Å². The molecule has 1 atom stereocenters. The van der Waals surface area contributed by atoms with Gasteiger partial charge in [0.1, 0.15) is 17.3 Å². The van der Waals surface area contributed by atoms with Gasteiger partial charge in [0.2, 0.25) is 5.91 Å². The van der Waals surface area contributed by atoms with Gasteiger partial charge in [-0.25, -0.2) is 4.39 Å². The monoisotopic (exact) mass is 364 g/mol. The first kappa shape index (κ1) is 19.2. The van der Waals surface area contributed by atoms with E-state index < -0.39 is 0 Å². The molecule has 0 saturated carbocycles. The van der Waals surface area contributed by atoms with Crippen molar-refractivity contribution in [1.29, 1.82) is 0 Å². The van der Waals surface area contributed by atoms with Gasteiger partial charge in [0, 0.05) is 13.1 Å². The molecular weight excluding hydrogens is 343 g/mol. The minimum atomic E-state index is -0.289. The maximum Gasteiger partial charge on any atom is 0.224 e. The van der Waals surface area contributed by atoms with E-state index in [4.69, 9.17) is 4.74 Å². The Labute approximate surface area is 153 Å². The summed E-state index contributed by atoms with van der Waals surface area (Å²) in [4.78, 5) is 12.0. The van der Waals surface area contributed by atoms with Gasteiger partial charge in [0.15, 0.2) is 0 Å². The molecule has 0 aromatic heterocycles. The average molecular weight is 365 g/mol. The van der Waals surface area contributed by atoms with E-state index in [1.54, 1.807) is 12.1 Å². The second kappa shape index (κ2) is 8.83. The Bertz CT molecular complexity index is 716. The quantitative estimate of drug-likeness (QED) is 0.852. The van der Waals surface area contributed by atoms with Gasteiger partial charge in [-0.15, -0.1) is 12.4 Å². The van der Waals surface area contributed by atoms with E-state index in [0.29, 0.717) is 12.3 Å². The molecule has 25 heavy (non-hydrogen) atoms. The smallest absolute Gasteiger partial charge is 0.224 e. The summed E-state index contributed by atoms with van der Waals surface area (Å²) in [6.45, 7) is 4.12. The fourth-order valence-corrected chi connectivity index (χ4v) is 2.78. The third kappa shape index (κ3) is 5.18. The lowest BCUT2D eigenvalue weighted by Crippen LogP contribution is -2.31. The van der Waals surface area contributed by atoms with E-state index >= 15 is 0 Å². The molecule has 1 heterocycles. The topological polar surface area (TPSA) is 50.4 Å². The molecule has 134 valence electrons. The van der Waals surface area contributed by atoms with Crippen LogP contribution in [0.3, 0.4) is 0 Å². The minimum absolute atomic E-state index is 0. The van der Waals surface area contributed by atoms with Gasteiger partial charge in [-0.1, -0.05) is 12.1 Å². The number of amides is 1. The van der Waals surface area contributed by atoms with Crippen LogP contribution in [0.1, 0.15) is 17.5 Å². The summed E-state index contributed by atoms with van der Waals surface area (Å²) < 4.78 is 18.7. The zero-order chi connectivity index (χ0) is 16.9. The molecule has 1 fully saturated rings. The lowest BCUT2D eigenvalue weighted by Gasteiger charge is -2.12. The summed E-state index contributed by atoms with van der Waals surface area (Å²) in [5, 5.41) is 6.18. The highest BCUT2D eigenvalue weighted by atomic mass is 35.5. The van der Waals surface area contributed by atoms with Crippen molar-refractivity contribution in [3.63, 3.8) is 0 Å². The van der Waals surface area contributed by atoms with Crippen molar-refractivity contribution in [2.45, 2.75) is 19.9 Å². The second-order valence-corrected chi connectivity index (χ2v) is 6.06. The van der Waals surface area contributed by atoms with Gasteiger partial charge >= 0.3 is 0 Å². The second-order valence-electron chi connectivity index (χ2n) is 6.06. The lowest BCUT2D eigenvalue weighted by molar-refractivity contribution is -0.124. The van der Waals surface area contributed by atoms with E-state index in [9.17, 15) is 9.18 Å². The highest BCUT2D eigenvalue weighted by molar-refractivity contribution is 5.85. The van der Waals surface area contributed by atoms with Crippen LogP contribution in [0.4, 0.5) is 4.39 Å². The standard InChI is InChI=1S/C19H21FN2O2.ClH/c1-13-10-14(11-22-19(23)15-8-9-21-12-15)2-7-18(13)24-17-5-3-16(20)4-6-17;/h2-7,10,15,21H,8-9,11-12H2,1H3,(H,22,23);1H. The van der Waals surface area contributed by atoms with Gasteiger partial charge in [-0.2, -0.15) is 0 Å². The summed E-state index contributed by atoms with van der Waals surface area (Å²) in [7, 11) is 0. The fourth-order valence-electron chi connectivity index (χ4n) is 2.78. The number of carbonyl (C=O) groups excluding carboxylic acids is 1. The Morgan fingerprint density at radius 2 is 2.04 bits per heavy atom. The van der Waals surface area contributed by atoms with Crippen molar-refractivity contribution in [2.24, 2.45) is 5.92 Å². The van der Waals surface area contributed by atoms with Gasteiger partial charge in [0.05, 0.1) is 5.92 Å². The minimum Gasteiger partial charge on any atom is -0.457 e. The summed E-state index contributed by atoms with van der Waals surface area (Å²) in [5.41, 5.74) is 1.99. The number of rotatable bonds is 5. The lowest BCUT2D eigenvalue weighted by atomic mass is 10.1. The molecule has 0 aliphatic carbocycles. The average Bonchev–Trinajstić information content (AvgIpc) is 3.11. The van der Waals surface area contributed by atoms with Crippen LogP contribution >= 0.6 is 12.4 Å². The Morgan fingerprint density at radius 3 is 2.68 bits per heavy atom. The van der Waals surface area contributed by atoms with Crippen molar-refractivity contribution >= 4 is 18.3 Å². The number of carbonyl (C=O) groups is 1. The first-order valence-corrected chi connectivity index (χ1v) is 8.13. The third-order valence-electron chi connectivity index (χ3n) is 4.18. The Kier molecular flexibility index (Phi) is 6.79. The molecule has 1 aliphatic rings. The number of halogens is 2. The van der Waals surface area contributed by atoms with Crippen LogP contribution in [0.25, 0.3) is 0 Å². The SMILES string of the molecule is Cc1cc(CNC(=O)C2CCNC2)ccc1Oc1ccc(F)cc1.Cl. The molecule has 0 spiro atoms. The summed E-state index contributed by atoms with van der Waals surface area (Å²) >= 11 is 0. The van der Waals surface area contributed by atoms with Crippen LogP contribution in [0, 0.1) is 18.7 Å². The van der Waals surface area contributed by atoms with Gasteiger partial charge < -0.3 is 15.4 Å². The molecule has 2 aromatic carbocycles. The third-order valence-corrected chi connectivity index (χ3v) is 4.18. The zero-order valence-electron chi connectivity index (χ0n) is 14.0. The van der Waals surface area contributed by atoms with E-state index in [-0.39, 0.29) is 30.0 Å². The predicted octanol–water partition coefficient (Wildman–Crippen LogP) is 3.57. The highest BCUT2D eigenvalue weighted by Gasteiger charge is 2.21. The van der Waals surface area contributed by atoms with Gasteiger partial charge in [0.25, 0.3) is 0 Å². The molecule has 1 amide bonds. The number of nitrogens with one attached hydrogen (secondary N) is 2. The van der Waals surface area contributed by atoms with Crippen LogP contribution < -0.4 is 15.4 Å². The van der Waals surface area contributed by atoms with E-state index in [0.717, 1.165) is 36.4 Å². The number of aryl methyl sites for hydroxylation is 1. The maximum absolute atomic E-state index is 12.9. The zero-order valence-corrected chi connectivity index (χ0v) is 14.9. The highest BCUT2D eigenvalue weighted by Crippen LogP contribution is 2.26. The first-order chi connectivity index (χ1) is 11.6. The molecule has 2 aromatic rings. The Morgan fingerprint density at radius 1 is 1.28 bits per heavy atom. The summed E-state index contributed by atoms with van der Waals surface area (Å²) in [6.07, 6.45) is 0.898. The molecule has 6 heteroatoms. The molecule has 1 unspecified atom stereocenters. The molecule has 4 nitrogen and oxygen atoms in total. The molecule has 3 rings (SSSR count). The van der Waals surface area contributed by atoms with Crippen molar-refractivity contribution in [2.75, 3.05) is 13.1 Å². The predicted molar refractivity (Wildman–Crippen MR) is 97.7 cm³/mol. The number of hydrogen-bond donors (Lipinski definition) is 2. The van der Waals surface area contributed by atoms with Crippen molar-refractivity contribution in [3.8, 4) is 11.5 Å². The van der Waals surface area contributed by atoms with Crippen LogP contribution in [-0.2, 0) is 11.3 Å². The van der Waals surface area contributed by atoms with E-state index in [1.807, 2.05) is 25.1 Å². The molecule has 1 aliphatic heterocycles. The van der Waals surface area contributed by atoms with E-state index in [1.165, 1.54) is 12.1 Å². The normalized spacial score (nSPS) is 16.2. The molecule has 0 radical (unpaired) electrons. The molecule has 0 bridgehead atoms. The van der Waals surface area contributed by atoms with E-state index in [2.05, 4.69) is 10.6 Å². The molecule has 1 saturated heterocycles. The van der Waals surface area contributed by atoms with Crippen LogP contribution in [0.15, 0.2) is 42.5 Å². The van der Waals surface area contributed by atoms with Crippen LogP contribution in [-0.4, -0.2) is 19.0 Å². The largest absolute Gasteiger partial charge is 0.457 e. The first-order valence-electron chi connectivity index (χ1n) is 8.13. The molecule has 2 N–H and O–H groups in total. The summed E-state index contributed by atoms with van der Waals surface area (Å²) in [5.74, 6) is 1.20. The van der Waals surface area contributed by atoms with Crippen LogP contribution in [0.2, 0.25) is 0 Å². The number of hydrogen-bond acceptors (Lipinski definition) is 3. The number of benzene rings is 2. The van der Waals surface area contributed by atoms with Gasteiger partial charge in [-0.05, 0) is 61.3 Å². The Hall–Kier alpha value is -2.11. The summed E-state index contributed by atoms with van der Waals surface area (Å²) in [6, 6.07) is 11.7. The van der Waals surface area contributed by atoms with Crippen molar-refractivity contribution in [3.05, 3.63) is 59.4 Å². The van der Waals surface area contributed by atoms with Crippen molar-refractivity contribution in [1.82, 2.24) is 10.6 Å². The molecular formula is C19H22ClFN2O2. The van der Waals surface area contributed by atoms with Crippen LogP contribution in [0.5, 0.6) is 11.5 Å². The Balaban J connectivity index is 0.00000225. The fraction of sp³-hybridized carbons (Fsp3) is 0.316. The number of ether oxygens (including phenoxy) is 1. The van der Waals surface area contributed by atoms with Gasteiger partial charge in [-0.3, -0.25) is 4.79 Å². The maximum atomic E-state index is 12.9.